The number of benzene rings is 1. The molecule has 1 saturated carbocycles. The highest BCUT2D eigenvalue weighted by Gasteiger charge is 2.50. The second kappa shape index (κ2) is 7.25. The summed E-state index contributed by atoms with van der Waals surface area (Å²) in [5.41, 5.74) is 2.82. The van der Waals surface area contributed by atoms with Crippen LogP contribution in [-0.4, -0.2) is 51.2 Å². The molecule has 8 nitrogen and oxygen atoms in total. The zero-order chi connectivity index (χ0) is 21.8. The zero-order valence-corrected chi connectivity index (χ0v) is 17.4. The van der Waals surface area contributed by atoms with Crippen LogP contribution in [-0.2, 0) is 9.59 Å². The largest absolute Gasteiger partial charge is 0.481 e. The molecule has 8 heteroatoms. The molecule has 6 rings (SSSR count). The fourth-order valence-electron chi connectivity index (χ4n) is 4.97. The Morgan fingerprint density at radius 2 is 1.97 bits per heavy atom. The summed E-state index contributed by atoms with van der Waals surface area (Å²) in [4.78, 5) is 30.9. The molecule has 1 N–H and O–H groups in total. The van der Waals surface area contributed by atoms with Crippen LogP contribution in [0.2, 0.25) is 0 Å². The lowest BCUT2D eigenvalue weighted by Gasteiger charge is -2.32. The predicted molar refractivity (Wildman–Crippen MR) is 115 cm³/mol. The topological polar surface area (TPSA) is 93.4 Å². The molecule has 1 aromatic carbocycles. The van der Waals surface area contributed by atoms with Crippen LogP contribution >= 0.6 is 0 Å². The van der Waals surface area contributed by atoms with E-state index < -0.39 is 11.9 Å². The summed E-state index contributed by atoms with van der Waals surface area (Å²) in [6.45, 7) is 1.47. The SMILES string of the molecule is O=C(O)C1CC1C(=O)N1CCCC(c2nc(-c3ccc4c(c3)OCO4)c3ccccn23)C1. The number of carbonyl (C=O) groups excluding carboxylic acids is 1. The second-order valence-corrected chi connectivity index (χ2v) is 8.75. The molecule has 32 heavy (non-hydrogen) atoms. The number of carboxylic acids is 1. The normalized spacial score (nSPS) is 24.0. The number of imidazole rings is 1. The Bertz CT molecular complexity index is 1240. The number of pyridine rings is 1. The first-order valence-electron chi connectivity index (χ1n) is 11.0. The molecule has 2 aromatic heterocycles. The van der Waals surface area contributed by atoms with Gasteiger partial charge in [-0.3, -0.25) is 9.59 Å². The molecule has 3 unspecified atom stereocenters. The number of hydrogen-bond donors (Lipinski definition) is 1. The molecule has 3 atom stereocenters. The van der Waals surface area contributed by atoms with E-state index in [9.17, 15) is 14.7 Å². The van der Waals surface area contributed by atoms with Crippen LogP contribution in [0.1, 0.15) is 31.0 Å². The molecule has 0 spiro atoms. The third-order valence-electron chi connectivity index (χ3n) is 6.74. The minimum atomic E-state index is -0.871. The van der Waals surface area contributed by atoms with Crippen molar-refractivity contribution in [2.45, 2.75) is 25.2 Å². The number of carbonyl (C=O) groups is 2. The minimum Gasteiger partial charge on any atom is -0.481 e. The molecule has 0 bridgehead atoms. The molecule has 2 fully saturated rings. The molecule has 3 aromatic rings. The van der Waals surface area contributed by atoms with Crippen LogP contribution < -0.4 is 9.47 Å². The second-order valence-electron chi connectivity index (χ2n) is 8.75. The van der Waals surface area contributed by atoms with E-state index in [0.29, 0.717) is 25.3 Å². The summed E-state index contributed by atoms with van der Waals surface area (Å²) in [7, 11) is 0. The van der Waals surface area contributed by atoms with Crippen LogP contribution in [0.15, 0.2) is 42.6 Å². The molecule has 1 amide bonds. The van der Waals surface area contributed by atoms with Gasteiger partial charge in [-0.1, -0.05) is 6.07 Å². The molecule has 4 heterocycles. The van der Waals surface area contributed by atoms with Gasteiger partial charge >= 0.3 is 5.97 Å². The van der Waals surface area contributed by atoms with Gasteiger partial charge in [0.2, 0.25) is 12.7 Å². The van der Waals surface area contributed by atoms with Gasteiger partial charge in [0.25, 0.3) is 0 Å². The Balaban J connectivity index is 1.32. The van der Waals surface area contributed by atoms with Gasteiger partial charge in [0.15, 0.2) is 11.5 Å². The van der Waals surface area contributed by atoms with Crippen molar-refractivity contribution in [2.24, 2.45) is 11.8 Å². The van der Waals surface area contributed by atoms with Crippen molar-refractivity contribution in [3.8, 4) is 22.8 Å². The number of rotatable bonds is 4. The number of aliphatic carboxylic acids is 1. The highest BCUT2D eigenvalue weighted by molar-refractivity contribution is 5.89. The Hall–Kier alpha value is -3.55. The lowest BCUT2D eigenvalue weighted by Crippen LogP contribution is -2.40. The molecule has 1 aliphatic carbocycles. The van der Waals surface area contributed by atoms with E-state index in [0.717, 1.165) is 41.2 Å². The van der Waals surface area contributed by atoms with Crippen LogP contribution in [0.4, 0.5) is 0 Å². The summed E-state index contributed by atoms with van der Waals surface area (Å²) in [5, 5.41) is 9.19. The highest BCUT2D eigenvalue weighted by Crippen LogP contribution is 2.42. The Morgan fingerprint density at radius 1 is 1.09 bits per heavy atom. The van der Waals surface area contributed by atoms with Gasteiger partial charge in [0, 0.05) is 30.8 Å². The molecular formula is C24H23N3O5. The first kappa shape index (κ1) is 19.2. The van der Waals surface area contributed by atoms with Crippen molar-refractivity contribution in [1.82, 2.24) is 14.3 Å². The zero-order valence-electron chi connectivity index (χ0n) is 17.4. The van der Waals surface area contributed by atoms with Crippen molar-refractivity contribution in [3.63, 3.8) is 0 Å². The highest BCUT2D eigenvalue weighted by atomic mass is 16.7. The maximum Gasteiger partial charge on any atom is 0.307 e. The van der Waals surface area contributed by atoms with E-state index in [4.69, 9.17) is 14.5 Å². The van der Waals surface area contributed by atoms with Crippen molar-refractivity contribution < 1.29 is 24.2 Å². The van der Waals surface area contributed by atoms with E-state index >= 15 is 0 Å². The number of carboxylic acid groups (broad SMARTS) is 1. The number of likely N-dealkylation sites (tertiary alicyclic amines) is 1. The minimum absolute atomic E-state index is 0.0287. The number of fused-ring (bicyclic) bond motifs is 2. The Morgan fingerprint density at radius 3 is 2.81 bits per heavy atom. The summed E-state index contributed by atoms with van der Waals surface area (Å²) >= 11 is 0. The first-order valence-corrected chi connectivity index (χ1v) is 11.0. The number of hydrogen-bond acceptors (Lipinski definition) is 5. The summed E-state index contributed by atoms with van der Waals surface area (Å²) in [6.07, 6.45) is 4.28. The van der Waals surface area contributed by atoms with Crippen molar-refractivity contribution in [1.29, 1.82) is 0 Å². The maximum absolute atomic E-state index is 12.9. The summed E-state index contributed by atoms with van der Waals surface area (Å²) in [6, 6.07) is 11.9. The van der Waals surface area contributed by atoms with E-state index in [1.165, 1.54) is 0 Å². The van der Waals surface area contributed by atoms with E-state index in [2.05, 4.69) is 4.40 Å². The third kappa shape index (κ3) is 3.09. The van der Waals surface area contributed by atoms with Crippen LogP contribution in [0.3, 0.4) is 0 Å². The number of aromatic nitrogens is 2. The van der Waals surface area contributed by atoms with E-state index in [-0.39, 0.29) is 24.5 Å². The number of piperidine rings is 1. The smallest absolute Gasteiger partial charge is 0.307 e. The van der Waals surface area contributed by atoms with Gasteiger partial charge in [-0.05, 0) is 49.6 Å². The molecular weight excluding hydrogens is 410 g/mol. The van der Waals surface area contributed by atoms with Crippen LogP contribution in [0.5, 0.6) is 11.5 Å². The third-order valence-corrected chi connectivity index (χ3v) is 6.74. The Labute approximate surface area is 184 Å². The molecule has 2 aliphatic heterocycles. The van der Waals surface area contributed by atoms with Crippen molar-refractivity contribution in [2.75, 3.05) is 19.9 Å². The van der Waals surface area contributed by atoms with Gasteiger partial charge in [0.05, 0.1) is 23.0 Å². The van der Waals surface area contributed by atoms with Gasteiger partial charge in [-0.2, -0.15) is 0 Å². The van der Waals surface area contributed by atoms with Crippen LogP contribution in [0.25, 0.3) is 16.8 Å². The van der Waals surface area contributed by atoms with Gasteiger partial charge in [-0.25, -0.2) is 4.98 Å². The van der Waals surface area contributed by atoms with Crippen LogP contribution in [0, 0.1) is 11.8 Å². The fourth-order valence-corrected chi connectivity index (χ4v) is 4.97. The van der Waals surface area contributed by atoms with E-state index in [1.807, 2.05) is 47.5 Å². The average Bonchev–Trinajstić information content (AvgIpc) is 3.33. The maximum atomic E-state index is 12.9. The van der Waals surface area contributed by atoms with Gasteiger partial charge in [-0.15, -0.1) is 0 Å². The molecule has 1 saturated heterocycles. The number of ether oxygens (including phenoxy) is 2. The summed E-state index contributed by atoms with van der Waals surface area (Å²) < 4.78 is 13.1. The number of amides is 1. The number of nitrogens with zero attached hydrogens (tertiary/aromatic N) is 3. The van der Waals surface area contributed by atoms with Gasteiger partial charge in [0.1, 0.15) is 5.82 Å². The molecule has 0 radical (unpaired) electrons. The van der Waals surface area contributed by atoms with Crippen molar-refractivity contribution in [3.05, 3.63) is 48.4 Å². The fraction of sp³-hybridized carbons (Fsp3) is 0.375. The first-order chi connectivity index (χ1) is 15.6. The van der Waals surface area contributed by atoms with Crippen molar-refractivity contribution >= 4 is 17.4 Å². The quantitative estimate of drug-likeness (QED) is 0.679. The predicted octanol–water partition coefficient (Wildman–Crippen LogP) is 3.16. The average molecular weight is 433 g/mol. The van der Waals surface area contributed by atoms with Gasteiger partial charge < -0.3 is 23.9 Å². The lowest BCUT2D eigenvalue weighted by atomic mass is 9.96. The standard InChI is InChI=1S/C24H23N3O5/c28-23(16-11-17(16)24(29)30)26-8-3-4-15(12-26)22-25-21(18-5-1-2-9-27(18)22)14-6-7-19-20(10-14)32-13-31-19/h1-2,5-7,9-10,15-17H,3-4,8,11-13H2,(H,29,30). The summed E-state index contributed by atoms with van der Waals surface area (Å²) in [5.74, 6) is 0.680. The molecule has 164 valence electrons. The lowest BCUT2D eigenvalue weighted by molar-refractivity contribution is -0.142. The Kier molecular flexibility index (Phi) is 4.34. The molecule has 3 aliphatic rings. The monoisotopic (exact) mass is 433 g/mol. The van der Waals surface area contributed by atoms with E-state index in [1.54, 1.807) is 0 Å².